The molecule has 7 heteroatoms. The standard InChI is InChI=1S/C22H23Cl2FN2O2/c1-14(2)26-22(28)13-27-20-7-5-17(29-9-3-8-23)10-16(20)12-21(27)15-4-6-19(25)18(24)11-15/h4-7,10-12,14H,3,8-9,13H2,1-2H3,(H,26,28). The summed E-state index contributed by atoms with van der Waals surface area (Å²) in [5.74, 6) is 0.689. The highest BCUT2D eigenvalue weighted by Crippen LogP contribution is 2.32. The van der Waals surface area contributed by atoms with Crippen molar-refractivity contribution in [3.63, 3.8) is 0 Å². The summed E-state index contributed by atoms with van der Waals surface area (Å²) < 4.78 is 21.3. The molecule has 1 aromatic heterocycles. The summed E-state index contributed by atoms with van der Waals surface area (Å²) >= 11 is 11.7. The zero-order valence-corrected chi connectivity index (χ0v) is 17.9. The Labute approximate surface area is 179 Å². The summed E-state index contributed by atoms with van der Waals surface area (Å²) in [5, 5.41) is 3.86. The Kier molecular flexibility index (Phi) is 7.04. The van der Waals surface area contributed by atoms with Gasteiger partial charge in [-0.1, -0.05) is 11.6 Å². The summed E-state index contributed by atoms with van der Waals surface area (Å²) in [7, 11) is 0. The van der Waals surface area contributed by atoms with E-state index in [2.05, 4.69) is 5.32 Å². The maximum atomic E-state index is 13.6. The van der Waals surface area contributed by atoms with Gasteiger partial charge in [-0.3, -0.25) is 4.79 Å². The van der Waals surface area contributed by atoms with Crippen LogP contribution in [0.15, 0.2) is 42.5 Å². The molecule has 0 atom stereocenters. The fourth-order valence-electron chi connectivity index (χ4n) is 3.16. The van der Waals surface area contributed by atoms with Crippen LogP contribution in [0, 0.1) is 5.82 Å². The average Bonchev–Trinajstić information content (AvgIpc) is 3.01. The van der Waals surface area contributed by atoms with Gasteiger partial charge < -0.3 is 14.6 Å². The summed E-state index contributed by atoms with van der Waals surface area (Å²) in [6, 6.07) is 12.3. The first-order chi connectivity index (χ1) is 13.9. The minimum absolute atomic E-state index is 0.0370. The Morgan fingerprint density at radius 2 is 2.00 bits per heavy atom. The second-order valence-corrected chi connectivity index (χ2v) is 7.86. The van der Waals surface area contributed by atoms with Gasteiger partial charge in [0, 0.05) is 28.5 Å². The lowest BCUT2D eigenvalue weighted by atomic mass is 10.1. The van der Waals surface area contributed by atoms with E-state index < -0.39 is 5.82 Å². The van der Waals surface area contributed by atoms with E-state index in [0.29, 0.717) is 12.5 Å². The van der Waals surface area contributed by atoms with Crippen molar-refractivity contribution in [3.8, 4) is 17.0 Å². The quantitative estimate of drug-likeness (QED) is 0.367. The second kappa shape index (κ2) is 9.51. The normalized spacial score (nSPS) is 11.2. The number of carbonyl (C=O) groups excluding carboxylic acids is 1. The number of fused-ring (bicyclic) bond motifs is 1. The van der Waals surface area contributed by atoms with Crippen molar-refractivity contribution in [1.29, 1.82) is 0 Å². The topological polar surface area (TPSA) is 43.3 Å². The number of hydrogen-bond donors (Lipinski definition) is 1. The lowest BCUT2D eigenvalue weighted by Gasteiger charge is -2.14. The number of nitrogens with zero attached hydrogens (tertiary/aromatic N) is 1. The number of ether oxygens (including phenoxy) is 1. The molecule has 0 aliphatic rings. The molecule has 3 rings (SSSR count). The number of hydrogen-bond acceptors (Lipinski definition) is 2. The van der Waals surface area contributed by atoms with Gasteiger partial charge in [0.15, 0.2) is 0 Å². The van der Waals surface area contributed by atoms with Gasteiger partial charge in [-0.05, 0) is 68.3 Å². The number of rotatable bonds is 8. The van der Waals surface area contributed by atoms with Gasteiger partial charge in [0.25, 0.3) is 0 Å². The van der Waals surface area contributed by atoms with Crippen molar-refractivity contribution in [2.75, 3.05) is 12.5 Å². The van der Waals surface area contributed by atoms with Gasteiger partial charge in [-0.15, -0.1) is 11.6 Å². The van der Waals surface area contributed by atoms with E-state index in [-0.39, 0.29) is 23.5 Å². The molecule has 154 valence electrons. The highest BCUT2D eigenvalue weighted by atomic mass is 35.5. The third kappa shape index (κ3) is 5.22. The first-order valence-corrected chi connectivity index (χ1v) is 10.4. The Hall–Kier alpha value is -2.24. The second-order valence-electron chi connectivity index (χ2n) is 7.08. The van der Waals surface area contributed by atoms with E-state index in [0.717, 1.165) is 34.3 Å². The highest BCUT2D eigenvalue weighted by Gasteiger charge is 2.16. The molecule has 0 unspecified atom stereocenters. The van der Waals surface area contributed by atoms with Crippen LogP contribution in [0.1, 0.15) is 20.3 Å². The molecule has 0 radical (unpaired) electrons. The van der Waals surface area contributed by atoms with Crippen LogP contribution in [0.5, 0.6) is 5.75 Å². The molecule has 1 N–H and O–H groups in total. The van der Waals surface area contributed by atoms with Crippen LogP contribution in [0.3, 0.4) is 0 Å². The molecule has 0 aliphatic carbocycles. The van der Waals surface area contributed by atoms with Crippen molar-refractivity contribution in [1.82, 2.24) is 9.88 Å². The predicted octanol–water partition coefficient (Wildman–Crippen LogP) is 5.63. The monoisotopic (exact) mass is 436 g/mol. The lowest BCUT2D eigenvalue weighted by molar-refractivity contribution is -0.122. The minimum Gasteiger partial charge on any atom is -0.494 e. The van der Waals surface area contributed by atoms with Crippen LogP contribution in [0.2, 0.25) is 5.02 Å². The SMILES string of the molecule is CC(C)NC(=O)Cn1c(-c2ccc(F)c(Cl)c2)cc2cc(OCCCCl)ccc21. The predicted molar refractivity (Wildman–Crippen MR) is 116 cm³/mol. The summed E-state index contributed by atoms with van der Waals surface area (Å²) in [5.41, 5.74) is 2.39. The molecule has 2 aromatic carbocycles. The fraction of sp³-hybridized carbons (Fsp3) is 0.318. The number of alkyl halides is 1. The van der Waals surface area contributed by atoms with Crippen molar-refractivity contribution in [3.05, 3.63) is 53.3 Å². The lowest BCUT2D eigenvalue weighted by Crippen LogP contribution is -2.33. The first-order valence-electron chi connectivity index (χ1n) is 9.46. The molecule has 29 heavy (non-hydrogen) atoms. The number of halogens is 3. The Bertz CT molecular complexity index is 1020. The third-order valence-corrected chi connectivity index (χ3v) is 4.94. The molecule has 1 amide bonds. The van der Waals surface area contributed by atoms with Gasteiger partial charge >= 0.3 is 0 Å². The number of aromatic nitrogens is 1. The highest BCUT2D eigenvalue weighted by molar-refractivity contribution is 6.31. The maximum Gasteiger partial charge on any atom is 0.240 e. The number of amides is 1. The van der Waals surface area contributed by atoms with Gasteiger partial charge in [0.2, 0.25) is 5.91 Å². The number of carbonyl (C=O) groups is 1. The van der Waals surface area contributed by atoms with Crippen LogP contribution in [-0.2, 0) is 11.3 Å². The van der Waals surface area contributed by atoms with E-state index in [4.69, 9.17) is 27.9 Å². The van der Waals surface area contributed by atoms with E-state index in [1.54, 1.807) is 12.1 Å². The van der Waals surface area contributed by atoms with Crippen LogP contribution >= 0.6 is 23.2 Å². The van der Waals surface area contributed by atoms with Crippen molar-refractivity contribution in [2.24, 2.45) is 0 Å². The Morgan fingerprint density at radius 3 is 2.69 bits per heavy atom. The molecular weight excluding hydrogens is 414 g/mol. The molecule has 3 aromatic rings. The zero-order chi connectivity index (χ0) is 21.0. The molecule has 4 nitrogen and oxygen atoms in total. The van der Waals surface area contributed by atoms with Crippen molar-refractivity contribution < 1.29 is 13.9 Å². The Morgan fingerprint density at radius 1 is 1.21 bits per heavy atom. The molecule has 0 saturated heterocycles. The van der Waals surface area contributed by atoms with E-state index in [1.807, 2.05) is 42.7 Å². The first kappa shape index (κ1) is 21.5. The summed E-state index contributed by atoms with van der Waals surface area (Å²) in [4.78, 5) is 12.5. The third-order valence-electron chi connectivity index (χ3n) is 4.39. The molecule has 0 bridgehead atoms. The van der Waals surface area contributed by atoms with Gasteiger partial charge in [0.05, 0.1) is 11.6 Å². The van der Waals surface area contributed by atoms with E-state index in [1.165, 1.54) is 6.07 Å². The molecule has 0 aliphatic heterocycles. The number of benzene rings is 2. The van der Waals surface area contributed by atoms with Gasteiger partial charge in [0.1, 0.15) is 18.1 Å². The van der Waals surface area contributed by atoms with Crippen LogP contribution in [0.4, 0.5) is 4.39 Å². The maximum absolute atomic E-state index is 13.6. The van der Waals surface area contributed by atoms with E-state index >= 15 is 0 Å². The average molecular weight is 437 g/mol. The molecular formula is C22H23Cl2FN2O2. The largest absolute Gasteiger partial charge is 0.494 e. The van der Waals surface area contributed by atoms with E-state index in [9.17, 15) is 9.18 Å². The zero-order valence-electron chi connectivity index (χ0n) is 16.3. The Balaban J connectivity index is 2.04. The smallest absolute Gasteiger partial charge is 0.240 e. The molecule has 0 saturated carbocycles. The minimum atomic E-state index is -0.481. The number of nitrogens with one attached hydrogen (secondary N) is 1. The molecule has 0 spiro atoms. The summed E-state index contributed by atoms with van der Waals surface area (Å²) in [6.07, 6.45) is 0.759. The van der Waals surface area contributed by atoms with Crippen molar-refractivity contribution >= 4 is 40.0 Å². The molecule has 1 heterocycles. The fourth-order valence-corrected chi connectivity index (χ4v) is 3.45. The van der Waals surface area contributed by atoms with Gasteiger partial charge in [-0.25, -0.2) is 4.39 Å². The van der Waals surface area contributed by atoms with Crippen molar-refractivity contribution in [2.45, 2.75) is 32.9 Å². The molecule has 0 fully saturated rings. The van der Waals surface area contributed by atoms with Crippen LogP contribution in [-0.4, -0.2) is 29.0 Å². The summed E-state index contributed by atoms with van der Waals surface area (Å²) in [6.45, 7) is 4.50. The van der Waals surface area contributed by atoms with Crippen LogP contribution < -0.4 is 10.1 Å². The van der Waals surface area contributed by atoms with Crippen LogP contribution in [0.25, 0.3) is 22.2 Å². The van der Waals surface area contributed by atoms with Gasteiger partial charge in [-0.2, -0.15) is 0 Å².